The molecule has 0 fully saturated rings. The number of carbonyl (C=O) groups excluding carboxylic acids is 1. The molecule has 4 aromatic rings. The number of aryl methyl sites for hydroxylation is 2. The molecule has 0 saturated heterocycles. The smallest absolute Gasteiger partial charge is 0.275 e. The third-order valence-electron chi connectivity index (χ3n) is 3.80. The van der Waals surface area contributed by atoms with E-state index in [-0.39, 0.29) is 5.91 Å². The molecule has 130 valence electrons. The average molecular weight is 365 g/mol. The molecule has 7 heteroatoms. The van der Waals surface area contributed by atoms with Gasteiger partial charge in [-0.1, -0.05) is 12.1 Å². The topological polar surface area (TPSA) is 81.2 Å². The van der Waals surface area contributed by atoms with Crippen LogP contribution in [0.3, 0.4) is 0 Å². The molecule has 0 bridgehead atoms. The van der Waals surface area contributed by atoms with Gasteiger partial charge in [-0.3, -0.25) is 4.79 Å². The largest absolute Gasteiger partial charge is 0.462 e. The van der Waals surface area contributed by atoms with E-state index in [4.69, 9.17) is 8.83 Å². The zero-order chi connectivity index (χ0) is 18.1. The van der Waals surface area contributed by atoms with Crippen molar-refractivity contribution in [2.24, 2.45) is 0 Å². The van der Waals surface area contributed by atoms with E-state index in [2.05, 4.69) is 15.3 Å². The summed E-state index contributed by atoms with van der Waals surface area (Å²) >= 11 is 1.43. The molecule has 1 N–H and O–H groups in total. The lowest BCUT2D eigenvalue weighted by molar-refractivity contribution is 0.102. The van der Waals surface area contributed by atoms with Gasteiger partial charge < -0.3 is 14.2 Å². The average Bonchev–Trinajstić information content (AvgIpc) is 3.36. The second-order valence-corrected chi connectivity index (χ2v) is 6.89. The number of rotatable bonds is 4. The van der Waals surface area contributed by atoms with Crippen LogP contribution in [0.4, 0.5) is 5.69 Å². The molecular weight excluding hydrogens is 350 g/mol. The van der Waals surface area contributed by atoms with E-state index in [1.807, 2.05) is 37.3 Å². The molecule has 0 saturated carbocycles. The second kappa shape index (κ2) is 6.61. The van der Waals surface area contributed by atoms with Crippen LogP contribution in [0.2, 0.25) is 0 Å². The van der Waals surface area contributed by atoms with Gasteiger partial charge >= 0.3 is 0 Å². The molecule has 0 atom stereocenters. The number of furan rings is 1. The van der Waals surface area contributed by atoms with Crippen molar-refractivity contribution in [3.8, 4) is 22.0 Å². The Hall–Kier alpha value is -3.19. The van der Waals surface area contributed by atoms with Crippen molar-refractivity contribution in [2.45, 2.75) is 13.8 Å². The van der Waals surface area contributed by atoms with Crippen LogP contribution in [0.1, 0.15) is 21.3 Å². The molecule has 0 radical (unpaired) electrons. The van der Waals surface area contributed by atoms with Crippen molar-refractivity contribution >= 4 is 22.9 Å². The number of oxazole rings is 1. The molecule has 0 unspecified atom stereocenters. The van der Waals surface area contributed by atoms with Crippen LogP contribution in [0, 0.1) is 13.8 Å². The summed E-state index contributed by atoms with van der Waals surface area (Å²) in [7, 11) is 0. The second-order valence-electron chi connectivity index (χ2n) is 5.68. The minimum absolute atomic E-state index is 0.249. The summed E-state index contributed by atoms with van der Waals surface area (Å²) < 4.78 is 10.6. The number of hydrogen-bond donors (Lipinski definition) is 1. The van der Waals surface area contributed by atoms with Crippen molar-refractivity contribution in [3.63, 3.8) is 0 Å². The lowest BCUT2D eigenvalue weighted by Gasteiger charge is -2.04. The van der Waals surface area contributed by atoms with Crippen LogP contribution in [-0.4, -0.2) is 15.9 Å². The monoisotopic (exact) mass is 365 g/mol. The Bertz CT molecular complexity index is 1050. The van der Waals surface area contributed by atoms with E-state index in [9.17, 15) is 4.79 Å². The Morgan fingerprint density at radius 3 is 2.54 bits per heavy atom. The van der Waals surface area contributed by atoms with Gasteiger partial charge in [0, 0.05) is 23.1 Å². The summed E-state index contributed by atoms with van der Waals surface area (Å²) in [5.74, 6) is 1.02. The maximum atomic E-state index is 12.6. The fourth-order valence-corrected chi connectivity index (χ4v) is 3.40. The number of amides is 1. The highest BCUT2D eigenvalue weighted by molar-refractivity contribution is 7.15. The molecule has 1 aromatic carbocycles. The van der Waals surface area contributed by atoms with E-state index < -0.39 is 0 Å². The SMILES string of the molecule is Cc1nc(-c2ccc(NC(=O)c3nc(-c4ccco4)sc3C)cc2)co1. The molecule has 0 aliphatic carbocycles. The third-order valence-corrected chi connectivity index (χ3v) is 4.79. The predicted molar refractivity (Wildman–Crippen MR) is 99.2 cm³/mol. The van der Waals surface area contributed by atoms with Gasteiger partial charge in [0.2, 0.25) is 0 Å². The zero-order valence-electron chi connectivity index (χ0n) is 14.1. The molecule has 3 heterocycles. The molecule has 4 rings (SSSR count). The summed E-state index contributed by atoms with van der Waals surface area (Å²) in [6.07, 6.45) is 3.20. The van der Waals surface area contributed by atoms with Crippen LogP contribution < -0.4 is 5.32 Å². The maximum absolute atomic E-state index is 12.6. The predicted octanol–water partition coefficient (Wildman–Crippen LogP) is 4.93. The van der Waals surface area contributed by atoms with E-state index in [1.165, 1.54) is 11.3 Å². The van der Waals surface area contributed by atoms with Gasteiger partial charge in [0.25, 0.3) is 5.91 Å². The highest BCUT2D eigenvalue weighted by Crippen LogP contribution is 2.28. The van der Waals surface area contributed by atoms with Crippen LogP contribution in [0.25, 0.3) is 22.0 Å². The molecule has 26 heavy (non-hydrogen) atoms. The van der Waals surface area contributed by atoms with Crippen molar-refractivity contribution in [3.05, 3.63) is 65.4 Å². The van der Waals surface area contributed by atoms with Crippen molar-refractivity contribution in [1.29, 1.82) is 0 Å². The standard InChI is InChI=1S/C19H15N3O3S/c1-11-17(22-19(26-11)16-4-3-9-24-16)18(23)21-14-7-5-13(6-8-14)15-10-25-12(2)20-15/h3-10H,1-2H3,(H,21,23). The van der Waals surface area contributed by atoms with Gasteiger partial charge in [-0.2, -0.15) is 0 Å². The van der Waals surface area contributed by atoms with Crippen LogP contribution in [0.15, 0.2) is 57.8 Å². The van der Waals surface area contributed by atoms with Gasteiger partial charge in [0.05, 0.1) is 6.26 Å². The number of thiazole rings is 1. The number of hydrogen-bond acceptors (Lipinski definition) is 6. The van der Waals surface area contributed by atoms with E-state index >= 15 is 0 Å². The Balaban J connectivity index is 1.51. The Morgan fingerprint density at radius 1 is 1.08 bits per heavy atom. The summed E-state index contributed by atoms with van der Waals surface area (Å²) in [6, 6.07) is 11.0. The quantitative estimate of drug-likeness (QED) is 0.555. The van der Waals surface area contributed by atoms with Crippen molar-refractivity contribution in [1.82, 2.24) is 9.97 Å². The number of nitrogens with one attached hydrogen (secondary N) is 1. The molecule has 1 amide bonds. The van der Waals surface area contributed by atoms with Gasteiger partial charge in [-0.05, 0) is 31.2 Å². The van der Waals surface area contributed by atoms with Gasteiger partial charge in [-0.15, -0.1) is 11.3 Å². The minimum Gasteiger partial charge on any atom is -0.462 e. The van der Waals surface area contributed by atoms with Gasteiger partial charge in [0.15, 0.2) is 16.7 Å². The Morgan fingerprint density at radius 2 is 1.88 bits per heavy atom. The normalized spacial score (nSPS) is 10.8. The molecule has 6 nitrogen and oxygen atoms in total. The van der Waals surface area contributed by atoms with Crippen LogP contribution in [-0.2, 0) is 0 Å². The summed E-state index contributed by atoms with van der Waals surface area (Å²) in [5.41, 5.74) is 2.77. The summed E-state index contributed by atoms with van der Waals surface area (Å²) in [5, 5.41) is 3.56. The number of aromatic nitrogens is 2. The fraction of sp³-hybridized carbons (Fsp3) is 0.105. The minimum atomic E-state index is -0.249. The molecule has 3 aromatic heterocycles. The number of nitrogens with zero attached hydrogens (tertiary/aromatic N) is 2. The lowest BCUT2D eigenvalue weighted by Crippen LogP contribution is -2.13. The molecular formula is C19H15N3O3S. The number of anilines is 1. The van der Waals surface area contributed by atoms with Crippen LogP contribution >= 0.6 is 11.3 Å². The molecule has 0 aliphatic rings. The molecule has 0 spiro atoms. The van der Waals surface area contributed by atoms with Crippen LogP contribution in [0.5, 0.6) is 0 Å². The number of benzene rings is 1. The number of carbonyl (C=O) groups is 1. The van der Waals surface area contributed by atoms with E-state index in [1.54, 1.807) is 25.5 Å². The van der Waals surface area contributed by atoms with Gasteiger partial charge in [0.1, 0.15) is 17.7 Å². The van der Waals surface area contributed by atoms with Crippen molar-refractivity contribution in [2.75, 3.05) is 5.32 Å². The first-order chi connectivity index (χ1) is 12.6. The first kappa shape index (κ1) is 16.3. The zero-order valence-corrected chi connectivity index (χ0v) is 15.0. The van der Waals surface area contributed by atoms with Gasteiger partial charge in [-0.25, -0.2) is 9.97 Å². The Kier molecular flexibility index (Phi) is 4.14. The molecule has 0 aliphatic heterocycles. The summed E-state index contributed by atoms with van der Waals surface area (Å²) in [4.78, 5) is 22.1. The maximum Gasteiger partial charge on any atom is 0.275 e. The van der Waals surface area contributed by atoms with E-state index in [0.29, 0.717) is 28.0 Å². The lowest BCUT2D eigenvalue weighted by atomic mass is 10.1. The highest BCUT2D eigenvalue weighted by atomic mass is 32.1. The third kappa shape index (κ3) is 3.16. The summed E-state index contributed by atoms with van der Waals surface area (Å²) in [6.45, 7) is 3.67. The first-order valence-corrected chi connectivity index (χ1v) is 8.77. The highest BCUT2D eigenvalue weighted by Gasteiger charge is 2.17. The fourth-order valence-electron chi connectivity index (χ4n) is 2.52. The van der Waals surface area contributed by atoms with Crippen molar-refractivity contribution < 1.29 is 13.6 Å². The van der Waals surface area contributed by atoms with E-state index in [0.717, 1.165) is 16.1 Å². The first-order valence-electron chi connectivity index (χ1n) is 7.95. The Labute approximate surface area is 153 Å².